The van der Waals surface area contributed by atoms with E-state index in [0.29, 0.717) is 17.8 Å². The lowest BCUT2D eigenvalue weighted by molar-refractivity contribution is -0.136. The second-order valence-electron chi connectivity index (χ2n) is 6.41. The highest BCUT2D eigenvalue weighted by atomic mass is 16.5. The average molecular weight is 344 g/mol. The summed E-state index contributed by atoms with van der Waals surface area (Å²) in [6.07, 6.45) is 0. The number of hydrogen-bond acceptors (Lipinski definition) is 5. The minimum atomic E-state index is -0.509. The van der Waals surface area contributed by atoms with Crippen molar-refractivity contribution in [1.29, 1.82) is 0 Å². The molecular formula is C18H24N4O3. The number of carbonyl (C=O) groups is 2. The first-order chi connectivity index (χ1) is 12.1. The summed E-state index contributed by atoms with van der Waals surface area (Å²) in [5.74, 6) is -0.425. The van der Waals surface area contributed by atoms with Gasteiger partial charge in [0.15, 0.2) is 0 Å². The zero-order valence-corrected chi connectivity index (χ0v) is 14.6. The standard InChI is InChI=1S/C18H24N4O3/c1-21-8-10-22(11-9-21)12-14-15(17(23)25-2)16(20-18(24)19-14)13-6-4-3-5-7-13/h3-7,16H,8-12H2,1-2H3,(H2,19,20,24). The molecule has 0 bridgehead atoms. The van der Waals surface area contributed by atoms with Gasteiger partial charge in [-0.1, -0.05) is 30.3 Å². The highest BCUT2D eigenvalue weighted by Gasteiger charge is 2.34. The lowest BCUT2D eigenvalue weighted by Crippen LogP contribution is -2.51. The number of esters is 1. The third kappa shape index (κ3) is 4.00. The SMILES string of the molecule is COC(=O)C1=C(CN2CCN(C)CC2)NC(=O)NC1c1ccccc1. The molecule has 2 N–H and O–H groups in total. The summed E-state index contributed by atoms with van der Waals surface area (Å²) >= 11 is 0. The Morgan fingerprint density at radius 2 is 1.88 bits per heavy atom. The molecule has 3 rings (SSSR count). The molecule has 0 saturated carbocycles. The van der Waals surface area contributed by atoms with Crippen LogP contribution < -0.4 is 10.6 Å². The van der Waals surface area contributed by atoms with Gasteiger partial charge in [-0.3, -0.25) is 4.90 Å². The van der Waals surface area contributed by atoms with Crippen LogP contribution in [0.3, 0.4) is 0 Å². The van der Waals surface area contributed by atoms with Crippen molar-refractivity contribution >= 4 is 12.0 Å². The van der Waals surface area contributed by atoms with Gasteiger partial charge in [-0.05, 0) is 12.6 Å². The van der Waals surface area contributed by atoms with Gasteiger partial charge in [-0.25, -0.2) is 9.59 Å². The first kappa shape index (κ1) is 17.4. The molecule has 0 aliphatic carbocycles. The number of carbonyl (C=O) groups excluding carboxylic acids is 2. The fraction of sp³-hybridized carbons (Fsp3) is 0.444. The van der Waals surface area contributed by atoms with Crippen molar-refractivity contribution in [3.63, 3.8) is 0 Å². The minimum Gasteiger partial charge on any atom is -0.466 e. The maximum absolute atomic E-state index is 12.5. The third-order valence-electron chi connectivity index (χ3n) is 4.67. The predicted molar refractivity (Wildman–Crippen MR) is 93.8 cm³/mol. The van der Waals surface area contributed by atoms with Crippen LogP contribution in [0.5, 0.6) is 0 Å². The van der Waals surface area contributed by atoms with E-state index >= 15 is 0 Å². The number of nitrogens with zero attached hydrogens (tertiary/aromatic N) is 2. The molecule has 2 amide bonds. The molecule has 7 nitrogen and oxygen atoms in total. The van der Waals surface area contributed by atoms with Gasteiger partial charge in [0.25, 0.3) is 0 Å². The number of methoxy groups -OCH3 is 1. The first-order valence-corrected chi connectivity index (χ1v) is 8.43. The summed E-state index contributed by atoms with van der Waals surface area (Å²) in [6, 6.07) is 8.66. The molecule has 134 valence electrons. The number of piperazine rings is 1. The fourth-order valence-corrected chi connectivity index (χ4v) is 3.22. The van der Waals surface area contributed by atoms with Gasteiger partial charge in [-0.15, -0.1) is 0 Å². The fourth-order valence-electron chi connectivity index (χ4n) is 3.22. The van der Waals surface area contributed by atoms with E-state index in [1.54, 1.807) is 0 Å². The van der Waals surface area contributed by atoms with Crippen molar-refractivity contribution in [2.24, 2.45) is 0 Å². The number of benzene rings is 1. The zero-order chi connectivity index (χ0) is 17.8. The molecule has 0 aromatic heterocycles. The smallest absolute Gasteiger partial charge is 0.338 e. The molecule has 1 fully saturated rings. The summed E-state index contributed by atoms with van der Waals surface area (Å²) in [5, 5.41) is 5.65. The summed E-state index contributed by atoms with van der Waals surface area (Å²) in [6.45, 7) is 4.25. The molecule has 1 aromatic carbocycles. The van der Waals surface area contributed by atoms with E-state index in [4.69, 9.17) is 4.74 Å². The normalized spacial score (nSPS) is 22.3. The predicted octanol–water partition coefficient (Wildman–Crippen LogP) is 0.715. The van der Waals surface area contributed by atoms with Crippen molar-refractivity contribution in [2.75, 3.05) is 46.9 Å². The maximum atomic E-state index is 12.5. The number of amides is 2. The van der Waals surface area contributed by atoms with E-state index in [2.05, 4.69) is 27.5 Å². The lowest BCUT2D eigenvalue weighted by atomic mass is 9.95. The Labute approximate surface area is 147 Å². The van der Waals surface area contributed by atoms with Crippen molar-refractivity contribution < 1.29 is 14.3 Å². The van der Waals surface area contributed by atoms with E-state index in [-0.39, 0.29) is 6.03 Å². The summed E-state index contributed by atoms with van der Waals surface area (Å²) in [5.41, 5.74) is 1.94. The number of urea groups is 1. The van der Waals surface area contributed by atoms with Crippen LogP contribution in [0.1, 0.15) is 11.6 Å². The van der Waals surface area contributed by atoms with Crippen molar-refractivity contribution in [2.45, 2.75) is 6.04 Å². The topological polar surface area (TPSA) is 73.9 Å². The first-order valence-electron chi connectivity index (χ1n) is 8.43. The van der Waals surface area contributed by atoms with Crippen LogP contribution in [-0.2, 0) is 9.53 Å². The number of likely N-dealkylation sites (N-methyl/N-ethyl adjacent to an activating group) is 1. The van der Waals surface area contributed by atoms with E-state index in [1.165, 1.54) is 7.11 Å². The molecule has 1 aromatic rings. The average Bonchev–Trinajstić information content (AvgIpc) is 2.63. The molecule has 0 spiro atoms. The van der Waals surface area contributed by atoms with Crippen LogP contribution in [0.15, 0.2) is 41.6 Å². The molecule has 0 radical (unpaired) electrons. The number of hydrogen-bond donors (Lipinski definition) is 2. The summed E-state index contributed by atoms with van der Waals surface area (Å²) < 4.78 is 5.00. The quantitative estimate of drug-likeness (QED) is 0.787. The Bertz CT molecular complexity index is 666. The minimum absolute atomic E-state index is 0.300. The van der Waals surface area contributed by atoms with Gasteiger partial charge in [0.05, 0.1) is 18.7 Å². The van der Waals surface area contributed by atoms with Gasteiger partial charge in [0, 0.05) is 38.4 Å². The van der Waals surface area contributed by atoms with Crippen LogP contribution in [-0.4, -0.2) is 68.7 Å². The van der Waals surface area contributed by atoms with Crippen LogP contribution in [0.2, 0.25) is 0 Å². The Kier molecular flexibility index (Phi) is 5.35. The zero-order valence-electron chi connectivity index (χ0n) is 14.6. The molecule has 2 aliphatic rings. The number of nitrogens with one attached hydrogen (secondary N) is 2. The Morgan fingerprint density at radius 3 is 2.52 bits per heavy atom. The van der Waals surface area contributed by atoms with E-state index in [9.17, 15) is 9.59 Å². The molecule has 7 heteroatoms. The molecule has 1 atom stereocenters. The third-order valence-corrected chi connectivity index (χ3v) is 4.67. The Morgan fingerprint density at radius 1 is 1.20 bits per heavy atom. The molecule has 25 heavy (non-hydrogen) atoms. The monoisotopic (exact) mass is 344 g/mol. The van der Waals surface area contributed by atoms with Crippen LogP contribution in [0.4, 0.5) is 4.79 Å². The van der Waals surface area contributed by atoms with Gasteiger partial charge in [-0.2, -0.15) is 0 Å². The number of ether oxygens (including phenoxy) is 1. The summed E-state index contributed by atoms with van der Waals surface area (Å²) in [7, 11) is 3.45. The molecule has 2 aliphatic heterocycles. The highest BCUT2D eigenvalue weighted by Crippen LogP contribution is 2.28. The van der Waals surface area contributed by atoms with E-state index in [1.807, 2.05) is 30.3 Å². The lowest BCUT2D eigenvalue weighted by Gasteiger charge is -2.35. The molecule has 1 unspecified atom stereocenters. The Balaban J connectivity index is 1.92. The second-order valence-corrected chi connectivity index (χ2v) is 6.41. The Hall–Kier alpha value is -2.38. The van der Waals surface area contributed by atoms with Crippen LogP contribution in [0, 0.1) is 0 Å². The van der Waals surface area contributed by atoms with Crippen LogP contribution >= 0.6 is 0 Å². The van der Waals surface area contributed by atoms with E-state index < -0.39 is 12.0 Å². The van der Waals surface area contributed by atoms with Crippen molar-refractivity contribution in [3.05, 3.63) is 47.2 Å². The van der Waals surface area contributed by atoms with Gasteiger partial charge in [0.1, 0.15) is 0 Å². The van der Waals surface area contributed by atoms with Gasteiger partial charge >= 0.3 is 12.0 Å². The van der Waals surface area contributed by atoms with Crippen molar-refractivity contribution in [3.8, 4) is 0 Å². The van der Waals surface area contributed by atoms with E-state index in [0.717, 1.165) is 31.7 Å². The highest BCUT2D eigenvalue weighted by molar-refractivity contribution is 5.95. The summed E-state index contributed by atoms with van der Waals surface area (Å²) in [4.78, 5) is 29.1. The van der Waals surface area contributed by atoms with Gasteiger partial charge < -0.3 is 20.3 Å². The number of rotatable bonds is 4. The molecule has 2 heterocycles. The van der Waals surface area contributed by atoms with Gasteiger partial charge in [0.2, 0.25) is 0 Å². The molecular weight excluding hydrogens is 320 g/mol. The molecule has 1 saturated heterocycles. The second kappa shape index (κ2) is 7.67. The van der Waals surface area contributed by atoms with Crippen molar-refractivity contribution in [1.82, 2.24) is 20.4 Å². The maximum Gasteiger partial charge on any atom is 0.338 e. The van der Waals surface area contributed by atoms with Crippen LogP contribution in [0.25, 0.3) is 0 Å². The largest absolute Gasteiger partial charge is 0.466 e.